The van der Waals surface area contributed by atoms with E-state index in [1.165, 1.54) is 5.56 Å². The van der Waals surface area contributed by atoms with E-state index in [-0.39, 0.29) is 11.8 Å². The molecule has 2 aromatic carbocycles. The van der Waals surface area contributed by atoms with E-state index in [9.17, 15) is 4.79 Å². The van der Waals surface area contributed by atoms with Crippen LogP contribution in [-0.4, -0.2) is 31.0 Å². The number of hydrogen-bond acceptors (Lipinski definition) is 3. The Morgan fingerprint density at radius 1 is 1.27 bits per heavy atom. The fourth-order valence-corrected chi connectivity index (χ4v) is 3.88. The second-order valence-electron chi connectivity index (χ2n) is 6.51. The number of halogens is 2. The third-order valence-corrected chi connectivity index (χ3v) is 5.40. The van der Waals surface area contributed by atoms with Crippen molar-refractivity contribution < 1.29 is 9.53 Å². The van der Waals surface area contributed by atoms with Crippen LogP contribution in [0.15, 0.2) is 46.9 Å². The molecule has 0 aromatic heterocycles. The van der Waals surface area contributed by atoms with E-state index in [1.807, 2.05) is 6.07 Å². The number of nitrogens with zero attached hydrogens (tertiary/aromatic N) is 1. The number of anilines is 1. The van der Waals surface area contributed by atoms with Gasteiger partial charge >= 0.3 is 0 Å². The number of carbonyl (C=O) groups is 1. The molecule has 0 saturated carbocycles. The van der Waals surface area contributed by atoms with Gasteiger partial charge in [-0.2, -0.15) is 0 Å². The Kier molecular flexibility index (Phi) is 6.57. The van der Waals surface area contributed by atoms with Gasteiger partial charge in [-0.3, -0.25) is 9.69 Å². The molecular formula is C20H22BrClN2O2. The van der Waals surface area contributed by atoms with E-state index in [0.717, 1.165) is 36.9 Å². The van der Waals surface area contributed by atoms with Gasteiger partial charge in [-0.25, -0.2) is 0 Å². The standard InChI is InChI=1S/C20H22BrClN2O2/c1-26-19-6-5-17(22)12-18(19)23-20(25)15-7-9-24(10-8-15)13-14-3-2-4-16(21)11-14/h2-6,11-12,15H,7-10,13H2,1H3,(H,23,25). The first-order valence-corrected chi connectivity index (χ1v) is 9.83. The summed E-state index contributed by atoms with van der Waals surface area (Å²) in [5.74, 6) is 0.667. The zero-order valence-electron chi connectivity index (χ0n) is 14.7. The highest BCUT2D eigenvalue weighted by atomic mass is 79.9. The maximum Gasteiger partial charge on any atom is 0.227 e. The number of ether oxygens (including phenoxy) is 1. The molecule has 0 atom stereocenters. The highest BCUT2D eigenvalue weighted by Gasteiger charge is 2.25. The van der Waals surface area contributed by atoms with Crippen molar-refractivity contribution >= 4 is 39.1 Å². The molecule has 0 aliphatic carbocycles. The molecule has 1 heterocycles. The quantitative estimate of drug-likeness (QED) is 0.718. The number of nitrogens with one attached hydrogen (secondary N) is 1. The number of methoxy groups -OCH3 is 1. The van der Waals surface area contributed by atoms with Crippen LogP contribution in [-0.2, 0) is 11.3 Å². The summed E-state index contributed by atoms with van der Waals surface area (Å²) in [5.41, 5.74) is 1.91. The third kappa shape index (κ3) is 5.00. The zero-order valence-corrected chi connectivity index (χ0v) is 17.0. The van der Waals surface area contributed by atoms with Gasteiger partial charge in [0.05, 0.1) is 12.8 Å². The van der Waals surface area contributed by atoms with Gasteiger partial charge in [0, 0.05) is 22.0 Å². The van der Waals surface area contributed by atoms with Gasteiger partial charge in [0.25, 0.3) is 0 Å². The molecule has 4 nitrogen and oxygen atoms in total. The van der Waals surface area contributed by atoms with Gasteiger partial charge in [0.2, 0.25) is 5.91 Å². The maximum absolute atomic E-state index is 12.6. The first-order valence-electron chi connectivity index (χ1n) is 8.66. The summed E-state index contributed by atoms with van der Waals surface area (Å²) in [6.45, 7) is 2.74. The highest BCUT2D eigenvalue weighted by Crippen LogP contribution is 2.29. The zero-order chi connectivity index (χ0) is 18.5. The average Bonchev–Trinajstić information content (AvgIpc) is 2.62. The molecule has 0 spiro atoms. The minimum atomic E-state index is 0.0115. The number of amides is 1. The topological polar surface area (TPSA) is 41.6 Å². The molecule has 6 heteroatoms. The molecule has 1 saturated heterocycles. The summed E-state index contributed by atoms with van der Waals surface area (Å²) in [4.78, 5) is 15.0. The molecule has 1 N–H and O–H groups in total. The molecule has 3 rings (SSSR count). The second-order valence-corrected chi connectivity index (χ2v) is 7.87. The van der Waals surface area contributed by atoms with Crippen molar-refractivity contribution in [2.75, 3.05) is 25.5 Å². The second kappa shape index (κ2) is 8.89. The van der Waals surface area contributed by atoms with E-state index < -0.39 is 0 Å². The number of piperidine rings is 1. The van der Waals surface area contributed by atoms with Crippen LogP contribution in [0.2, 0.25) is 5.02 Å². The van der Waals surface area contributed by atoms with Crippen molar-refractivity contribution in [1.82, 2.24) is 4.90 Å². The summed E-state index contributed by atoms with van der Waals surface area (Å²) in [6.07, 6.45) is 1.70. The van der Waals surface area contributed by atoms with Crippen LogP contribution in [0.3, 0.4) is 0 Å². The van der Waals surface area contributed by atoms with Gasteiger partial charge in [0.15, 0.2) is 0 Å². The van der Waals surface area contributed by atoms with Crippen LogP contribution in [0.25, 0.3) is 0 Å². The highest BCUT2D eigenvalue weighted by molar-refractivity contribution is 9.10. The Bertz CT molecular complexity index is 776. The molecular weight excluding hydrogens is 416 g/mol. The molecule has 1 fully saturated rings. The van der Waals surface area contributed by atoms with Gasteiger partial charge in [-0.1, -0.05) is 39.7 Å². The molecule has 2 aromatic rings. The van der Waals surface area contributed by atoms with Crippen LogP contribution in [0.1, 0.15) is 18.4 Å². The Hall–Kier alpha value is -1.56. The smallest absolute Gasteiger partial charge is 0.227 e. The fraction of sp³-hybridized carbons (Fsp3) is 0.350. The minimum Gasteiger partial charge on any atom is -0.495 e. The third-order valence-electron chi connectivity index (χ3n) is 4.67. The Labute approximate surface area is 167 Å². The summed E-state index contributed by atoms with van der Waals surface area (Å²) >= 11 is 9.55. The van der Waals surface area contributed by atoms with Crippen LogP contribution in [0, 0.1) is 5.92 Å². The van der Waals surface area contributed by atoms with Crippen LogP contribution in [0.5, 0.6) is 5.75 Å². The van der Waals surface area contributed by atoms with E-state index in [4.69, 9.17) is 16.3 Å². The fourth-order valence-electron chi connectivity index (χ4n) is 3.26. The van der Waals surface area contributed by atoms with Crippen molar-refractivity contribution in [3.8, 4) is 5.75 Å². The molecule has 0 radical (unpaired) electrons. The predicted molar refractivity (Wildman–Crippen MR) is 109 cm³/mol. The normalized spacial score (nSPS) is 15.7. The van der Waals surface area contributed by atoms with E-state index in [2.05, 4.69) is 44.3 Å². The lowest BCUT2D eigenvalue weighted by Crippen LogP contribution is -2.37. The molecule has 138 valence electrons. The lowest BCUT2D eigenvalue weighted by atomic mass is 9.95. The van der Waals surface area contributed by atoms with E-state index in [0.29, 0.717) is 16.5 Å². The lowest BCUT2D eigenvalue weighted by molar-refractivity contribution is -0.121. The Morgan fingerprint density at radius 2 is 2.04 bits per heavy atom. The summed E-state index contributed by atoms with van der Waals surface area (Å²) in [7, 11) is 1.58. The number of carbonyl (C=O) groups excluding carboxylic acids is 1. The average molecular weight is 438 g/mol. The van der Waals surface area contributed by atoms with Crippen molar-refractivity contribution in [3.05, 3.63) is 57.5 Å². The summed E-state index contributed by atoms with van der Waals surface area (Å²) < 4.78 is 6.39. The number of benzene rings is 2. The van der Waals surface area contributed by atoms with E-state index >= 15 is 0 Å². The Balaban J connectivity index is 1.54. The minimum absolute atomic E-state index is 0.0115. The molecule has 1 amide bonds. The summed E-state index contributed by atoms with van der Waals surface area (Å²) in [5, 5.41) is 3.54. The van der Waals surface area contributed by atoms with Crippen molar-refractivity contribution in [2.45, 2.75) is 19.4 Å². The van der Waals surface area contributed by atoms with Crippen molar-refractivity contribution in [2.24, 2.45) is 5.92 Å². The first kappa shape index (κ1) is 19.2. The number of likely N-dealkylation sites (tertiary alicyclic amines) is 1. The molecule has 1 aliphatic heterocycles. The van der Waals surface area contributed by atoms with Crippen molar-refractivity contribution in [1.29, 1.82) is 0 Å². The van der Waals surface area contributed by atoms with Gasteiger partial charge in [-0.05, 0) is 61.8 Å². The van der Waals surface area contributed by atoms with Gasteiger partial charge in [-0.15, -0.1) is 0 Å². The Morgan fingerprint density at radius 3 is 2.73 bits per heavy atom. The molecule has 0 unspecified atom stereocenters. The molecule has 1 aliphatic rings. The largest absolute Gasteiger partial charge is 0.495 e. The van der Waals surface area contributed by atoms with Crippen LogP contribution >= 0.6 is 27.5 Å². The first-order chi connectivity index (χ1) is 12.5. The molecule has 26 heavy (non-hydrogen) atoms. The van der Waals surface area contributed by atoms with Gasteiger partial charge < -0.3 is 10.1 Å². The molecule has 0 bridgehead atoms. The monoisotopic (exact) mass is 436 g/mol. The summed E-state index contributed by atoms with van der Waals surface area (Å²) in [6, 6.07) is 13.6. The number of rotatable bonds is 5. The SMILES string of the molecule is COc1ccc(Cl)cc1NC(=O)C1CCN(Cc2cccc(Br)c2)CC1. The van der Waals surface area contributed by atoms with Gasteiger partial charge in [0.1, 0.15) is 5.75 Å². The predicted octanol–water partition coefficient (Wildman–Crippen LogP) is 4.96. The number of hydrogen-bond donors (Lipinski definition) is 1. The van der Waals surface area contributed by atoms with Crippen molar-refractivity contribution in [3.63, 3.8) is 0 Å². The van der Waals surface area contributed by atoms with Crippen LogP contribution in [0.4, 0.5) is 5.69 Å². The maximum atomic E-state index is 12.6. The van der Waals surface area contributed by atoms with E-state index in [1.54, 1.807) is 25.3 Å². The lowest BCUT2D eigenvalue weighted by Gasteiger charge is -2.31. The van der Waals surface area contributed by atoms with Crippen LogP contribution < -0.4 is 10.1 Å².